The lowest BCUT2D eigenvalue weighted by Gasteiger charge is -2.37. The third-order valence-corrected chi connectivity index (χ3v) is 7.68. The van der Waals surface area contributed by atoms with Crippen LogP contribution in [0.25, 0.3) is 11.3 Å². The molecule has 1 atom stereocenters. The zero-order valence-corrected chi connectivity index (χ0v) is 24.3. The van der Waals surface area contributed by atoms with E-state index in [1.165, 1.54) is 16.2 Å². The van der Waals surface area contributed by atoms with E-state index in [1.54, 1.807) is 26.2 Å². The molecule has 1 aliphatic heterocycles. The third kappa shape index (κ3) is 5.00. The van der Waals surface area contributed by atoms with Crippen molar-refractivity contribution in [3.8, 4) is 23.0 Å². The predicted molar refractivity (Wildman–Crippen MR) is 155 cm³/mol. The molecule has 1 aromatic carbocycles. The van der Waals surface area contributed by atoms with Gasteiger partial charge in [-0.25, -0.2) is 4.98 Å². The highest BCUT2D eigenvalue weighted by Gasteiger charge is 2.45. The molecule has 0 saturated carbocycles. The maximum atomic E-state index is 13.7. The first kappa shape index (κ1) is 27.2. The van der Waals surface area contributed by atoms with Crippen LogP contribution in [0.5, 0.6) is 11.8 Å². The lowest BCUT2D eigenvalue weighted by molar-refractivity contribution is -0.124. The van der Waals surface area contributed by atoms with Gasteiger partial charge in [-0.05, 0) is 37.3 Å². The Kier molecular flexibility index (Phi) is 7.01. The fourth-order valence-electron chi connectivity index (χ4n) is 4.72. The van der Waals surface area contributed by atoms with Crippen LogP contribution in [0.2, 0.25) is 0 Å². The van der Waals surface area contributed by atoms with Crippen LogP contribution in [-0.2, 0) is 4.79 Å². The number of aryl methyl sites for hydroxylation is 1. The molecule has 10 nitrogen and oxygen atoms in total. The van der Waals surface area contributed by atoms with E-state index in [0.717, 1.165) is 27.5 Å². The smallest absolute Gasteiger partial charge is 0.253 e. The van der Waals surface area contributed by atoms with Gasteiger partial charge in [-0.2, -0.15) is 4.98 Å². The van der Waals surface area contributed by atoms with Crippen LogP contribution in [0.4, 0.5) is 10.9 Å². The summed E-state index contributed by atoms with van der Waals surface area (Å²) < 4.78 is 6.29. The number of anilines is 2. The lowest BCUT2D eigenvalue weighted by atomic mass is 9.70. The van der Waals surface area contributed by atoms with Crippen molar-refractivity contribution in [3.05, 3.63) is 70.2 Å². The minimum Gasteiger partial charge on any atom is -0.420 e. The Hall–Kier alpha value is -4.38. The number of aromatic nitrogens is 4. The molecule has 0 aliphatic carbocycles. The number of pyridine rings is 2. The van der Waals surface area contributed by atoms with Crippen LogP contribution in [0.1, 0.15) is 46.3 Å². The van der Waals surface area contributed by atoms with Crippen LogP contribution in [0.15, 0.2) is 48.5 Å². The summed E-state index contributed by atoms with van der Waals surface area (Å²) in [5.41, 5.74) is 2.76. The van der Waals surface area contributed by atoms with E-state index >= 15 is 0 Å². The molecule has 1 aliphatic rings. The quantitative estimate of drug-likeness (QED) is 0.353. The summed E-state index contributed by atoms with van der Waals surface area (Å²) in [5, 5.41) is 12.2. The van der Waals surface area contributed by atoms with Gasteiger partial charge in [-0.15, -0.1) is 10.2 Å². The van der Waals surface area contributed by atoms with Gasteiger partial charge in [0.15, 0.2) is 0 Å². The lowest BCUT2D eigenvalue weighted by Crippen LogP contribution is -2.38. The summed E-state index contributed by atoms with van der Waals surface area (Å²) in [4.78, 5) is 39.0. The van der Waals surface area contributed by atoms with Crippen molar-refractivity contribution in [3.63, 3.8) is 0 Å². The van der Waals surface area contributed by atoms with Crippen molar-refractivity contribution < 1.29 is 14.3 Å². The van der Waals surface area contributed by atoms with E-state index in [1.807, 2.05) is 76.2 Å². The fraction of sp³-hybridized carbons (Fsp3) is 0.310. The second kappa shape index (κ2) is 10.3. The summed E-state index contributed by atoms with van der Waals surface area (Å²) in [6.45, 7) is 5.64. The summed E-state index contributed by atoms with van der Waals surface area (Å²) in [6, 6.07) is 15.0. The molecule has 1 unspecified atom stereocenters. The van der Waals surface area contributed by atoms with Crippen LogP contribution in [0.3, 0.4) is 0 Å². The monoisotopic (exact) mass is 557 g/mol. The second-order valence-corrected chi connectivity index (χ2v) is 11.8. The van der Waals surface area contributed by atoms with Gasteiger partial charge in [0.1, 0.15) is 10.8 Å². The van der Waals surface area contributed by atoms with E-state index in [4.69, 9.17) is 14.7 Å². The summed E-state index contributed by atoms with van der Waals surface area (Å²) in [5.74, 6) is 0.858. The molecule has 2 amide bonds. The molecule has 0 radical (unpaired) electrons. The third-order valence-electron chi connectivity index (χ3n) is 6.93. The highest BCUT2D eigenvalue weighted by atomic mass is 32.1. The highest BCUT2D eigenvalue weighted by Crippen LogP contribution is 2.51. The molecule has 4 heterocycles. The van der Waals surface area contributed by atoms with Crippen LogP contribution >= 0.6 is 11.3 Å². The van der Waals surface area contributed by atoms with Crippen LogP contribution in [-0.4, -0.2) is 65.1 Å². The van der Waals surface area contributed by atoms with Gasteiger partial charge >= 0.3 is 0 Å². The topological polar surface area (TPSA) is 113 Å². The highest BCUT2D eigenvalue weighted by molar-refractivity contribution is 7.15. The van der Waals surface area contributed by atoms with E-state index in [-0.39, 0.29) is 11.8 Å². The molecule has 3 aromatic heterocycles. The van der Waals surface area contributed by atoms with Crippen molar-refractivity contribution in [1.82, 2.24) is 25.1 Å². The molecular weight excluding hydrogens is 526 g/mol. The summed E-state index contributed by atoms with van der Waals surface area (Å²) >= 11 is 1.33. The van der Waals surface area contributed by atoms with Gasteiger partial charge in [-0.3, -0.25) is 9.59 Å². The van der Waals surface area contributed by atoms with Crippen molar-refractivity contribution in [2.45, 2.75) is 26.7 Å². The average molecular weight is 558 g/mol. The number of ether oxygens (including phenoxy) is 1. The zero-order chi connectivity index (χ0) is 28.8. The number of nitrogens with one attached hydrogen (secondary N) is 1. The van der Waals surface area contributed by atoms with E-state index in [2.05, 4.69) is 15.5 Å². The summed E-state index contributed by atoms with van der Waals surface area (Å²) in [7, 11) is 7.26. The minimum atomic E-state index is -0.925. The molecule has 0 spiro atoms. The Morgan fingerprint density at radius 2 is 1.55 bits per heavy atom. The zero-order valence-electron chi connectivity index (χ0n) is 23.5. The molecule has 0 fully saturated rings. The van der Waals surface area contributed by atoms with Gasteiger partial charge < -0.3 is 19.9 Å². The van der Waals surface area contributed by atoms with Gasteiger partial charge in [0.2, 0.25) is 22.8 Å². The van der Waals surface area contributed by atoms with Crippen molar-refractivity contribution in [2.24, 2.45) is 5.41 Å². The Balaban J connectivity index is 1.56. The molecule has 206 valence electrons. The molecule has 11 heteroatoms. The number of amides is 2. The number of hydrogen-bond donors (Lipinski definition) is 1. The number of benzene rings is 1. The number of rotatable bonds is 6. The maximum absolute atomic E-state index is 13.7. The molecule has 1 N–H and O–H groups in total. The predicted octanol–water partition coefficient (Wildman–Crippen LogP) is 4.97. The van der Waals surface area contributed by atoms with Gasteiger partial charge in [-0.1, -0.05) is 43.4 Å². The molecular formula is C29H31N7O3S. The van der Waals surface area contributed by atoms with Crippen LogP contribution < -0.4 is 15.0 Å². The van der Waals surface area contributed by atoms with Crippen molar-refractivity contribution in [2.75, 3.05) is 38.4 Å². The van der Waals surface area contributed by atoms with E-state index in [9.17, 15) is 9.59 Å². The van der Waals surface area contributed by atoms with Gasteiger partial charge in [0.25, 0.3) is 5.91 Å². The number of hydrogen-bond acceptors (Lipinski definition) is 9. The number of carbonyl (C=O) groups is 2. The minimum absolute atomic E-state index is 0.0697. The first-order chi connectivity index (χ1) is 19.0. The van der Waals surface area contributed by atoms with Gasteiger partial charge in [0, 0.05) is 56.4 Å². The molecule has 40 heavy (non-hydrogen) atoms. The van der Waals surface area contributed by atoms with E-state index in [0.29, 0.717) is 28.1 Å². The number of nitrogens with zero attached hydrogens (tertiary/aromatic N) is 6. The van der Waals surface area contributed by atoms with Crippen molar-refractivity contribution >= 4 is 34.1 Å². The summed E-state index contributed by atoms with van der Waals surface area (Å²) in [6.07, 6.45) is 0. The largest absolute Gasteiger partial charge is 0.420 e. The SMILES string of the molecule is Cc1nnc(NC(=O)C(C)(C)C2c3ccc(-c4ccc(C(=O)N(C)C)cc4)nc3Oc3nc(N(C)C)ccc32)s1. The molecule has 4 aromatic rings. The standard InChI is InChI=1S/C29H31N7O3S/c1-16-33-34-28(40-16)32-27(38)29(2,3)23-19-12-14-21(17-8-10-18(11-9-17)26(37)36(6)7)30-24(19)39-25-20(23)13-15-22(31-25)35(4)5/h8-15,23H,1-7H3,(H,32,34,38). The maximum Gasteiger partial charge on any atom is 0.253 e. The van der Waals surface area contributed by atoms with Crippen molar-refractivity contribution in [1.29, 1.82) is 0 Å². The Bertz CT molecular complexity index is 1600. The molecule has 0 saturated heterocycles. The Morgan fingerprint density at radius 1 is 0.900 bits per heavy atom. The second-order valence-electron chi connectivity index (χ2n) is 10.7. The molecule has 0 bridgehead atoms. The van der Waals surface area contributed by atoms with E-state index < -0.39 is 11.3 Å². The first-order valence-corrected chi connectivity index (χ1v) is 13.6. The Morgan fingerprint density at radius 3 is 2.15 bits per heavy atom. The van der Waals surface area contributed by atoms with Gasteiger partial charge in [0.05, 0.1) is 11.1 Å². The fourth-order valence-corrected chi connectivity index (χ4v) is 5.31. The molecule has 5 rings (SSSR count). The Labute approximate surface area is 237 Å². The number of fused-ring (bicyclic) bond motifs is 2. The first-order valence-electron chi connectivity index (χ1n) is 12.8. The van der Waals surface area contributed by atoms with Crippen LogP contribution in [0, 0.1) is 12.3 Å². The normalized spacial score (nSPS) is 14.0. The average Bonchev–Trinajstić information content (AvgIpc) is 3.34. The number of carbonyl (C=O) groups excluding carboxylic acids is 2.